The fourth-order valence-electron chi connectivity index (χ4n) is 1.24. The molecule has 0 aromatic heterocycles. The van der Waals surface area contributed by atoms with Crippen molar-refractivity contribution < 1.29 is 4.79 Å². The summed E-state index contributed by atoms with van der Waals surface area (Å²) in [6, 6.07) is 7.57. The number of benzene rings is 1. The van der Waals surface area contributed by atoms with Crippen LogP contribution in [0.5, 0.6) is 0 Å². The van der Waals surface area contributed by atoms with Gasteiger partial charge in [0.25, 0.3) is 0 Å². The third-order valence-electron chi connectivity index (χ3n) is 2.06. The fourth-order valence-corrected chi connectivity index (χ4v) is 2.35. The van der Waals surface area contributed by atoms with E-state index in [0.29, 0.717) is 17.2 Å². The largest absolute Gasteiger partial charge is 0.299 e. The first kappa shape index (κ1) is 13.3. The van der Waals surface area contributed by atoms with E-state index in [-0.39, 0.29) is 5.78 Å². The molecule has 0 saturated heterocycles. The van der Waals surface area contributed by atoms with Crippen molar-refractivity contribution in [1.82, 2.24) is 0 Å². The molecule has 1 aromatic carbocycles. The van der Waals surface area contributed by atoms with Gasteiger partial charge in [0.15, 0.2) is 0 Å². The lowest BCUT2D eigenvalue weighted by Crippen LogP contribution is -2.00. The van der Waals surface area contributed by atoms with Gasteiger partial charge in [0.1, 0.15) is 5.78 Å². The van der Waals surface area contributed by atoms with Crippen LogP contribution in [0.4, 0.5) is 0 Å². The van der Waals surface area contributed by atoms with E-state index >= 15 is 0 Å². The second-order valence-electron chi connectivity index (χ2n) is 3.47. The first-order valence-corrected chi connectivity index (χ1v) is 6.59. The van der Waals surface area contributed by atoms with Crippen LogP contribution in [0.2, 0.25) is 5.02 Å². The number of halogens is 1. The van der Waals surface area contributed by atoms with E-state index < -0.39 is 0 Å². The minimum atomic E-state index is 0.284. The molecule has 0 unspecified atom stereocenters. The number of ketones is 1. The number of hydrogen-bond donors (Lipinski definition) is 0. The summed E-state index contributed by atoms with van der Waals surface area (Å²) in [6.45, 7) is 3.63. The fraction of sp³-hybridized carbons (Fsp3) is 0.308. The van der Waals surface area contributed by atoms with Gasteiger partial charge < -0.3 is 0 Å². The zero-order chi connectivity index (χ0) is 11.8. The smallest absolute Gasteiger partial charge is 0.143 e. The molecule has 1 rings (SSSR count). The van der Waals surface area contributed by atoms with Crippen molar-refractivity contribution in [3.8, 4) is 0 Å². The number of allylic oxidation sites excluding steroid dienone is 1. The molecule has 0 amide bonds. The topological polar surface area (TPSA) is 17.1 Å². The number of carbonyl (C=O) groups excluding carboxylic acids is 1. The van der Waals surface area contributed by atoms with Crippen LogP contribution in [-0.4, -0.2) is 11.5 Å². The molecular formula is C13H15ClOS. The van der Waals surface area contributed by atoms with Crippen molar-refractivity contribution in [2.24, 2.45) is 0 Å². The minimum Gasteiger partial charge on any atom is -0.299 e. The second-order valence-corrected chi connectivity index (χ2v) is 4.95. The van der Waals surface area contributed by atoms with E-state index in [1.54, 1.807) is 11.8 Å². The molecular weight excluding hydrogens is 240 g/mol. The van der Waals surface area contributed by atoms with Gasteiger partial charge in [-0.15, -0.1) is 18.3 Å². The van der Waals surface area contributed by atoms with Crippen LogP contribution in [-0.2, 0) is 4.79 Å². The van der Waals surface area contributed by atoms with E-state index in [0.717, 1.165) is 17.7 Å². The Labute approximate surface area is 106 Å². The highest BCUT2D eigenvalue weighted by Crippen LogP contribution is 2.21. The number of unbranched alkanes of at least 4 members (excludes halogenated alkanes) is 1. The Morgan fingerprint density at radius 1 is 1.50 bits per heavy atom. The maximum atomic E-state index is 11.5. The molecule has 0 fully saturated rings. The molecule has 0 spiro atoms. The highest BCUT2D eigenvalue weighted by Gasteiger charge is 2.02. The van der Waals surface area contributed by atoms with Gasteiger partial charge in [-0.1, -0.05) is 23.7 Å². The van der Waals surface area contributed by atoms with Crippen LogP contribution in [0.15, 0.2) is 41.8 Å². The van der Waals surface area contributed by atoms with Gasteiger partial charge in [-0.3, -0.25) is 4.79 Å². The molecule has 0 heterocycles. The third-order valence-corrected chi connectivity index (χ3v) is 3.35. The molecule has 0 N–H and O–H groups in total. The van der Waals surface area contributed by atoms with Crippen molar-refractivity contribution in [3.05, 3.63) is 41.9 Å². The lowest BCUT2D eigenvalue weighted by molar-refractivity contribution is -0.116. The van der Waals surface area contributed by atoms with Crippen LogP contribution >= 0.6 is 23.4 Å². The van der Waals surface area contributed by atoms with Crippen molar-refractivity contribution in [1.29, 1.82) is 0 Å². The first-order chi connectivity index (χ1) is 7.72. The van der Waals surface area contributed by atoms with Gasteiger partial charge >= 0.3 is 0 Å². The maximum Gasteiger partial charge on any atom is 0.143 e. The summed E-state index contributed by atoms with van der Waals surface area (Å²) in [4.78, 5) is 12.5. The van der Waals surface area contributed by atoms with Crippen LogP contribution < -0.4 is 0 Å². The van der Waals surface area contributed by atoms with E-state index in [1.807, 2.05) is 30.3 Å². The Hall–Kier alpha value is -0.730. The Kier molecular flexibility index (Phi) is 6.27. The van der Waals surface area contributed by atoms with Crippen LogP contribution in [0.3, 0.4) is 0 Å². The molecule has 0 saturated carbocycles. The van der Waals surface area contributed by atoms with Gasteiger partial charge in [0, 0.05) is 16.3 Å². The average Bonchev–Trinajstić information content (AvgIpc) is 2.27. The first-order valence-electron chi connectivity index (χ1n) is 5.23. The lowest BCUT2D eigenvalue weighted by Gasteiger charge is -2.01. The maximum absolute atomic E-state index is 11.5. The Bertz CT molecular complexity index is 363. The normalized spacial score (nSPS) is 10.1. The SMILES string of the molecule is C=CCCCC(=O)CSc1cccc(Cl)c1. The zero-order valence-corrected chi connectivity index (χ0v) is 10.7. The molecule has 86 valence electrons. The van der Waals surface area contributed by atoms with E-state index in [1.165, 1.54) is 0 Å². The third kappa shape index (κ3) is 5.38. The van der Waals surface area contributed by atoms with Crippen LogP contribution in [0, 0.1) is 0 Å². The van der Waals surface area contributed by atoms with Gasteiger partial charge in [0.05, 0.1) is 5.75 Å². The molecule has 0 aliphatic rings. The Morgan fingerprint density at radius 2 is 2.31 bits per heavy atom. The van der Waals surface area contributed by atoms with Crippen molar-refractivity contribution in [2.45, 2.75) is 24.2 Å². The summed E-state index contributed by atoms with van der Waals surface area (Å²) in [6.07, 6.45) is 4.29. The summed E-state index contributed by atoms with van der Waals surface area (Å²) in [5.41, 5.74) is 0. The highest BCUT2D eigenvalue weighted by atomic mass is 35.5. The number of rotatable bonds is 7. The number of thioether (sulfide) groups is 1. The molecule has 0 radical (unpaired) electrons. The lowest BCUT2D eigenvalue weighted by atomic mass is 10.2. The second kappa shape index (κ2) is 7.53. The highest BCUT2D eigenvalue weighted by molar-refractivity contribution is 8.00. The quantitative estimate of drug-likeness (QED) is 0.409. The van der Waals surface area contributed by atoms with Gasteiger partial charge in [-0.2, -0.15) is 0 Å². The Morgan fingerprint density at radius 3 is 3.00 bits per heavy atom. The Balaban J connectivity index is 2.28. The van der Waals surface area contributed by atoms with E-state index in [9.17, 15) is 4.79 Å². The molecule has 0 aliphatic heterocycles. The van der Waals surface area contributed by atoms with Gasteiger partial charge in [-0.05, 0) is 31.0 Å². The minimum absolute atomic E-state index is 0.284. The molecule has 3 heteroatoms. The molecule has 0 aliphatic carbocycles. The summed E-state index contributed by atoms with van der Waals surface area (Å²) < 4.78 is 0. The average molecular weight is 255 g/mol. The van der Waals surface area contributed by atoms with Crippen LogP contribution in [0.25, 0.3) is 0 Å². The summed E-state index contributed by atoms with van der Waals surface area (Å²) in [5, 5.41) is 0.712. The number of Topliss-reactive ketones (excluding diaryl/α,β-unsaturated/α-hetero) is 1. The van der Waals surface area contributed by atoms with Crippen LogP contribution in [0.1, 0.15) is 19.3 Å². The van der Waals surface area contributed by atoms with Crippen molar-refractivity contribution >= 4 is 29.1 Å². The van der Waals surface area contributed by atoms with E-state index in [4.69, 9.17) is 11.6 Å². The van der Waals surface area contributed by atoms with Crippen molar-refractivity contribution in [3.63, 3.8) is 0 Å². The summed E-state index contributed by atoms with van der Waals surface area (Å²) in [5.74, 6) is 0.809. The zero-order valence-electron chi connectivity index (χ0n) is 9.12. The van der Waals surface area contributed by atoms with Gasteiger partial charge in [-0.25, -0.2) is 0 Å². The predicted octanol–water partition coefficient (Wildman–Crippen LogP) is 4.36. The van der Waals surface area contributed by atoms with E-state index in [2.05, 4.69) is 6.58 Å². The predicted molar refractivity (Wildman–Crippen MR) is 71.2 cm³/mol. The number of hydrogen-bond acceptors (Lipinski definition) is 2. The van der Waals surface area contributed by atoms with Crippen molar-refractivity contribution in [2.75, 3.05) is 5.75 Å². The molecule has 0 bridgehead atoms. The molecule has 1 nitrogen and oxygen atoms in total. The number of carbonyl (C=O) groups is 1. The molecule has 0 atom stereocenters. The summed E-state index contributed by atoms with van der Waals surface area (Å²) >= 11 is 7.39. The summed E-state index contributed by atoms with van der Waals surface area (Å²) in [7, 11) is 0. The monoisotopic (exact) mass is 254 g/mol. The standard InChI is InChI=1S/C13H15ClOS/c1-2-3-4-7-12(15)10-16-13-8-5-6-11(14)9-13/h2,5-6,8-9H,1,3-4,7,10H2. The van der Waals surface area contributed by atoms with Gasteiger partial charge in [0.2, 0.25) is 0 Å². The molecule has 16 heavy (non-hydrogen) atoms. The molecule has 1 aromatic rings.